The van der Waals surface area contributed by atoms with Crippen LogP contribution in [0.5, 0.6) is 0 Å². The molecule has 3 heterocycles. The molecule has 174 valence electrons. The molecule has 2 saturated heterocycles. The first-order valence-corrected chi connectivity index (χ1v) is 11.3. The number of hydrogen-bond acceptors (Lipinski definition) is 6. The van der Waals surface area contributed by atoms with Gasteiger partial charge < -0.3 is 20.4 Å². The Balaban J connectivity index is 1.33. The molecule has 0 bridgehead atoms. The highest BCUT2D eigenvalue weighted by atomic mass is 16.2. The molecule has 9 heteroatoms. The maximum atomic E-state index is 13.1. The van der Waals surface area contributed by atoms with Crippen LogP contribution in [-0.4, -0.2) is 84.4 Å². The quantitative estimate of drug-likeness (QED) is 0.678. The standard InChI is InChI=1S/C24H30N6O3/c1-18-6-2-3-7-19(18)27-22(31)16-20-24(33)26-10-11-30(20)23(32)17-28-12-14-29(15-13-28)21-8-4-5-9-25-21/h2-9,20H,10-17H2,1H3,(H,26,33)(H,27,31). The summed E-state index contributed by atoms with van der Waals surface area (Å²) in [5, 5.41) is 5.65. The van der Waals surface area contributed by atoms with Gasteiger partial charge in [0.05, 0.1) is 13.0 Å². The number of carbonyl (C=O) groups is 3. The second kappa shape index (κ2) is 10.4. The first kappa shape index (κ1) is 22.7. The Morgan fingerprint density at radius 2 is 1.82 bits per heavy atom. The molecule has 2 N–H and O–H groups in total. The fraction of sp³-hybridized carbons (Fsp3) is 0.417. The fourth-order valence-electron chi connectivity index (χ4n) is 4.26. The number of benzene rings is 1. The summed E-state index contributed by atoms with van der Waals surface area (Å²) in [5.41, 5.74) is 1.65. The highest BCUT2D eigenvalue weighted by Crippen LogP contribution is 2.17. The van der Waals surface area contributed by atoms with Crippen molar-refractivity contribution in [3.63, 3.8) is 0 Å². The van der Waals surface area contributed by atoms with Crippen molar-refractivity contribution in [2.45, 2.75) is 19.4 Å². The van der Waals surface area contributed by atoms with Crippen molar-refractivity contribution in [1.29, 1.82) is 0 Å². The molecule has 1 aromatic carbocycles. The van der Waals surface area contributed by atoms with E-state index in [-0.39, 0.29) is 30.7 Å². The van der Waals surface area contributed by atoms with Crippen LogP contribution in [0, 0.1) is 6.92 Å². The third-order valence-electron chi connectivity index (χ3n) is 6.15. The van der Waals surface area contributed by atoms with Crippen LogP contribution in [-0.2, 0) is 14.4 Å². The van der Waals surface area contributed by atoms with Gasteiger partial charge in [-0.25, -0.2) is 4.98 Å². The number of para-hydroxylation sites is 1. The average Bonchev–Trinajstić information content (AvgIpc) is 2.83. The minimum absolute atomic E-state index is 0.0701. The minimum atomic E-state index is -0.801. The zero-order chi connectivity index (χ0) is 23.2. The zero-order valence-corrected chi connectivity index (χ0v) is 18.9. The highest BCUT2D eigenvalue weighted by molar-refractivity contribution is 5.98. The van der Waals surface area contributed by atoms with E-state index in [0.29, 0.717) is 18.8 Å². The molecule has 2 aromatic rings. The van der Waals surface area contributed by atoms with E-state index >= 15 is 0 Å². The van der Waals surface area contributed by atoms with Crippen molar-refractivity contribution >= 4 is 29.2 Å². The predicted molar refractivity (Wildman–Crippen MR) is 126 cm³/mol. The van der Waals surface area contributed by atoms with Gasteiger partial charge in [0.25, 0.3) is 0 Å². The van der Waals surface area contributed by atoms with E-state index in [4.69, 9.17) is 0 Å². The van der Waals surface area contributed by atoms with Crippen LogP contribution in [0.15, 0.2) is 48.7 Å². The second-order valence-electron chi connectivity index (χ2n) is 8.41. The fourth-order valence-corrected chi connectivity index (χ4v) is 4.26. The maximum absolute atomic E-state index is 13.1. The van der Waals surface area contributed by atoms with E-state index in [9.17, 15) is 14.4 Å². The van der Waals surface area contributed by atoms with E-state index in [0.717, 1.165) is 37.6 Å². The topological polar surface area (TPSA) is 97.9 Å². The first-order valence-electron chi connectivity index (χ1n) is 11.3. The van der Waals surface area contributed by atoms with Gasteiger partial charge in [-0.05, 0) is 30.7 Å². The molecule has 3 amide bonds. The number of nitrogens with zero attached hydrogens (tertiary/aromatic N) is 4. The molecule has 9 nitrogen and oxygen atoms in total. The number of piperazine rings is 2. The molecule has 0 saturated carbocycles. The number of anilines is 2. The number of aromatic nitrogens is 1. The van der Waals surface area contributed by atoms with Gasteiger partial charge in [-0.2, -0.15) is 0 Å². The van der Waals surface area contributed by atoms with Crippen molar-refractivity contribution in [2.75, 3.05) is 56.0 Å². The monoisotopic (exact) mass is 450 g/mol. The average molecular weight is 451 g/mol. The second-order valence-corrected chi connectivity index (χ2v) is 8.41. The van der Waals surface area contributed by atoms with E-state index in [1.54, 1.807) is 11.1 Å². The van der Waals surface area contributed by atoms with E-state index in [1.165, 1.54) is 0 Å². The Morgan fingerprint density at radius 1 is 1.06 bits per heavy atom. The van der Waals surface area contributed by atoms with Gasteiger partial charge in [0.15, 0.2) is 0 Å². The smallest absolute Gasteiger partial charge is 0.243 e. The molecule has 0 radical (unpaired) electrons. The van der Waals surface area contributed by atoms with Gasteiger partial charge in [0.1, 0.15) is 11.9 Å². The third kappa shape index (κ3) is 5.67. The van der Waals surface area contributed by atoms with Crippen molar-refractivity contribution in [2.24, 2.45) is 0 Å². The summed E-state index contributed by atoms with van der Waals surface area (Å²) in [4.78, 5) is 48.6. The molecular weight excluding hydrogens is 420 g/mol. The maximum Gasteiger partial charge on any atom is 0.243 e. The lowest BCUT2D eigenvalue weighted by Crippen LogP contribution is -2.60. The summed E-state index contributed by atoms with van der Waals surface area (Å²) in [5.74, 6) is 0.253. The van der Waals surface area contributed by atoms with Crippen LogP contribution in [0.25, 0.3) is 0 Å². The Labute approximate surface area is 193 Å². The van der Waals surface area contributed by atoms with Crippen molar-refractivity contribution in [1.82, 2.24) is 20.1 Å². The number of rotatable bonds is 6. The van der Waals surface area contributed by atoms with E-state index in [2.05, 4.69) is 25.4 Å². The van der Waals surface area contributed by atoms with Crippen LogP contribution < -0.4 is 15.5 Å². The molecule has 2 aliphatic rings. The number of aryl methyl sites for hydroxylation is 1. The molecule has 1 unspecified atom stereocenters. The largest absolute Gasteiger partial charge is 0.354 e. The molecule has 2 aliphatic heterocycles. The van der Waals surface area contributed by atoms with Gasteiger partial charge >= 0.3 is 0 Å². The summed E-state index contributed by atoms with van der Waals surface area (Å²) in [6, 6.07) is 12.5. The number of nitrogens with one attached hydrogen (secondary N) is 2. The predicted octanol–water partition coefficient (Wildman–Crippen LogP) is 0.868. The van der Waals surface area contributed by atoms with Gasteiger partial charge in [0, 0.05) is 51.2 Å². The number of pyridine rings is 1. The summed E-state index contributed by atoms with van der Waals surface area (Å²) in [6.45, 7) is 5.99. The lowest BCUT2D eigenvalue weighted by atomic mass is 10.1. The van der Waals surface area contributed by atoms with Gasteiger partial charge in [0.2, 0.25) is 17.7 Å². The summed E-state index contributed by atoms with van der Waals surface area (Å²) in [6.07, 6.45) is 1.71. The number of amides is 3. The molecule has 0 spiro atoms. The number of hydrogen-bond donors (Lipinski definition) is 2. The van der Waals surface area contributed by atoms with Gasteiger partial charge in [-0.1, -0.05) is 24.3 Å². The Hall–Kier alpha value is -3.46. The summed E-state index contributed by atoms with van der Waals surface area (Å²) >= 11 is 0. The third-order valence-corrected chi connectivity index (χ3v) is 6.15. The highest BCUT2D eigenvalue weighted by Gasteiger charge is 2.35. The molecule has 1 atom stereocenters. The van der Waals surface area contributed by atoms with Crippen molar-refractivity contribution in [3.8, 4) is 0 Å². The lowest BCUT2D eigenvalue weighted by molar-refractivity contribution is -0.145. The number of carbonyl (C=O) groups excluding carboxylic acids is 3. The molecule has 0 aliphatic carbocycles. The van der Waals surface area contributed by atoms with Crippen LogP contribution in [0.3, 0.4) is 0 Å². The van der Waals surface area contributed by atoms with Crippen LogP contribution in [0.4, 0.5) is 11.5 Å². The van der Waals surface area contributed by atoms with Crippen molar-refractivity contribution in [3.05, 3.63) is 54.2 Å². The van der Waals surface area contributed by atoms with Gasteiger partial charge in [-0.3, -0.25) is 19.3 Å². The first-order chi connectivity index (χ1) is 16.0. The van der Waals surface area contributed by atoms with Crippen molar-refractivity contribution < 1.29 is 14.4 Å². The minimum Gasteiger partial charge on any atom is -0.354 e. The van der Waals surface area contributed by atoms with Crippen LogP contribution >= 0.6 is 0 Å². The van der Waals surface area contributed by atoms with E-state index in [1.807, 2.05) is 49.4 Å². The van der Waals surface area contributed by atoms with E-state index < -0.39 is 6.04 Å². The lowest BCUT2D eigenvalue weighted by Gasteiger charge is -2.38. The molecule has 33 heavy (non-hydrogen) atoms. The summed E-state index contributed by atoms with van der Waals surface area (Å²) in [7, 11) is 0. The summed E-state index contributed by atoms with van der Waals surface area (Å²) < 4.78 is 0. The SMILES string of the molecule is Cc1ccccc1NC(=O)CC1C(=O)NCCN1C(=O)CN1CCN(c2ccccn2)CC1. The Kier molecular flexibility index (Phi) is 7.19. The zero-order valence-electron chi connectivity index (χ0n) is 18.9. The molecule has 1 aromatic heterocycles. The van der Waals surface area contributed by atoms with Gasteiger partial charge in [-0.15, -0.1) is 0 Å². The Morgan fingerprint density at radius 3 is 2.55 bits per heavy atom. The Bertz CT molecular complexity index is 991. The molecular formula is C24H30N6O3. The van der Waals surface area contributed by atoms with Crippen LogP contribution in [0.2, 0.25) is 0 Å². The normalized spacial score (nSPS) is 19.2. The molecule has 4 rings (SSSR count). The van der Waals surface area contributed by atoms with Crippen LogP contribution in [0.1, 0.15) is 12.0 Å². The molecule has 2 fully saturated rings.